The molecule has 0 bridgehead atoms. The molecule has 0 aromatic rings. The van der Waals surface area contributed by atoms with Crippen LogP contribution in [0.25, 0.3) is 0 Å². The first-order valence-corrected chi connectivity index (χ1v) is 7.70. The minimum Gasteiger partial charge on any atom is -0.462 e. The number of halogens is 3. The van der Waals surface area contributed by atoms with E-state index in [0.29, 0.717) is 11.5 Å². The lowest BCUT2D eigenvalue weighted by Crippen LogP contribution is -2.48. The Morgan fingerprint density at radius 3 is 2.65 bits per heavy atom. The van der Waals surface area contributed by atoms with Crippen molar-refractivity contribution in [1.29, 1.82) is 0 Å². The van der Waals surface area contributed by atoms with Gasteiger partial charge in [0.25, 0.3) is 0 Å². The smallest absolute Gasteiger partial charge is 0.462 e. The van der Waals surface area contributed by atoms with Crippen LogP contribution in [0.3, 0.4) is 0 Å². The summed E-state index contributed by atoms with van der Waals surface area (Å²) in [7, 11) is 1.10. The highest BCUT2D eigenvalue weighted by Crippen LogP contribution is 2.28. The highest BCUT2D eigenvalue weighted by Gasteiger charge is 2.33. The monoisotopic (exact) mass is 373 g/mol. The van der Waals surface area contributed by atoms with E-state index in [9.17, 15) is 22.8 Å². The molecule has 1 amide bonds. The molecule has 142 valence electrons. The topological polar surface area (TPSA) is 73.9 Å². The molecule has 0 saturated carbocycles. The number of esters is 1. The molecule has 6 nitrogen and oxygen atoms in total. The van der Waals surface area contributed by atoms with Gasteiger partial charge in [0, 0.05) is 6.42 Å². The number of alkyl halides is 3. The molecule has 2 unspecified atom stereocenters. The lowest BCUT2D eigenvalue weighted by Gasteiger charge is -2.30. The van der Waals surface area contributed by atoms with Crippen LogP contribution in [0.1, 0.15) is 19.8 Å². The van der Waals surface area contributed by atoms with Crippen LogP contribution in [-0.2, 0) is 23.8 Å². The number of methoxy groups -OCH3 is 1. The van der Waals surface area contributed by atoms with E-state index in [-0.39, 0.29) is 12.8 Å². The summed E-state index contributed by atoms with van der Waals surface area (Å²) in [5.41, 5.74) is -0.865. The number of hydrogen-bond donors (Lipinski definition) is 1. The molecule has 0 aromatic heterocycles. The molecule has 0 saturated heterocycles. The standard InChI is InChI=1S/C17H18F3NO5/c1-16(21-14(22)15(23)24-2)9-3-4-13(10-16)25-11-5-7-12(8-6-11)26-17(18,19)20/h3-7,9,12H,8,10H2,1-2H3,(H,21,22). The lowest BCUT2D eigenvalue weighted by molar-refractivity contribution is -0.336. The van der Waals surface area contributed by atoms with Crippen molar-refractivity contribution < 1.29 is 37.0 Å². The molecular formula is C17H18F3NO5. The maximum absolute atomic E-state index is 12.2. The van der Waals surface area contributed by atoms with Gasteiger partial charge in [-0.15, -0.1) is 13.2 Å². The van der Waals surface area contributed by atoms with Crippen LogP contribution in [0.15, 0.2) is 48.0 Å². The fourth-order valence-electron chi connectivity index (χ4n) is 2.47. The van der Waals surface area contributed by atoms with Crippen molar-refractivity contribution in [2.45, 2.75) is 37.8 Å². The zero-order valence-electron chi connectivity index (χ0n) is 14.1. The number of amides is 1. The maximum atomic E-state index is 12.2. The van der Waals surface area contributed by atoms with Gasteiger partial charge in [-0.05, 0) is 31.6 Å². The maximum Gasteiger partial charge on any atom is 0.523 e. The van der Waals surface area contributed by atoms with E-state index in [2.05, 4.69) is 14.8 Å². The van der Waals surface area contributed by atoms with Crippen molar-refractivity contribution >= 4 is 11.9 Å². The fraction of sp³-hybridized carbons (Fsp3) is 0.412. The van der Waals surface area contributed by atoms with E-state index in [1.807, 2.05) is 0 Å². The molecule has 0 aliphatic heterocycles. The van der Waals surface area contributed by atoms with Crippen molar-refractivity contribution in [3.63, 3.8) is 0 Å². The first kappa shape index (κ1) is 19.8. The third-order valence-corrected chi connectivity index (χ3v) is 3.62. The number of nitrogens with one attached hydrogen (secondary N) is 1. The second kappa shape index (κ2) is 7.77. The minimum atomic E-state index is -4.70. The van der Waals surface area contributed by atoms with Crippen molar-refractivity contribution in [3.05, 3.63) is 48.0 Å². The molecule has 0 fully saturated rings. The van der Waals surface area contributed by atoms with Crippen LogP contribution in [0.4, 0.5) is 13.2 Å². The Morgan fingerprint density at radius 2 is 2.08 bits per heavy atom. The largest absolute Gasteiger partial charge is 0.523 e. The lowest BCUT2D eigenvalue weighted by atomic mass is 9.92. The van der Waals surface area contributed by atoms with Crippen LogP contribution >= 0.6 is 0 Å². The zero-order valence-corrected chi connectivity index (χ0v) is 14.1. The SMILES string of the molecule is COC(=O)C(=O)NC1(C)C=CC=C(OC2=CCC(OC(F)(F)F)C=C2)C1. The minimum absolute atomic E-state index is 0.0187. The average molecular weight is 373 g/mol. The summed E-state index contributed by atoms with van der Waals surface area (Å²) >= 11 is 0. The van der Waals surface area contributed by atoms with Crippen molar-refractivity contribution in [3.8, 4) is 0 Å². The molecule has 2 aliphatic rings. The molecule has 26 heavy (non-hydrogen) atoms. The Kier molecular flexibility index (Phi) is 5.91. The van der Waals surface area contributed by atoms with E-state index >= 15 is 0 Å². The van der Waals surface area contributed by atoms with Crippen molar-refractivity contribution in [1.82, 2.24) is 5.32 Å². The summed E-state index contributed by atoms with van der Waals surface area (Å²) in [4.78, 5) is 22.9. The Hall–Kier alpha value is -2.55. The van der Waals surface area contributed by atoms with E-state index in [0.717, 1.165) is 7.11 Å². The number of rotatable bonds is 4. The second-order valence-electron chi connectivity index (χ2n) is 5.94. The average Bonchev–Trinajstić information content (AvgIpc) is 2.54. The van der Waals surface area contributed by atoms with Crippen LogP contribution in [0.5, 0.6) is 0 Å². The summed E-state index contributed by atoms with van der Waals surface area (Å²) in [5, 5.41) is 2.54. The number of ether oxygens (including phenoxy) is 3. The summed E-state index contributed by atoms with van der Waals surface area (Å²) < 4.78 is 50.5. The third-order valence-electron chi connectivity index (χ3n) is 3.62. The molecule has 2 atom stereocenters. The van der Waals surface area contributed by atoms with Gasteiger partial charge in [-0.1, -0.05) is 18.2 Å². The molecular weight excluding hydrogens is 355 g/mol. The van der Waals surface area contributed by atoms with Gasteiger partial charge in [0.2, 0.25) is 0 Å². The number of carbonyl (C=O) groups excluding carboxylic acids is 2. The predicted octanol–water partition coefficient (Wildman–Crippen LogP) is 2.64. The van der Waals surface area contributed by atoms with Gasteiger partial charge in [-0.3, -0.25) is 9.53 Å². The fourth-order valence-corrected chi connectivity index (χ4v) is 2.47. The Labute approximate surface area is 148 Å². The number of allylic oxidation sites excluding steroid dienone is 3. The van der Waals surface area contributed by atoms with Gasteiger partial charge < -0.3 is 14.8 Å². The third kappa shape index (κ3) is 5.76. The van der Waals surface area contributed by atoms with Gasteiger partial charge in [0.15, 0.2) is 0 Å². The summed E-state index contributed by atoms with van der Waals surface area (Å²) in [6.45, 7) is 1.69. The van der Waals surface area contributed by atoms with Gasteiger partial charge >= 0.3 is 18.2 Å². The normalized spacial score (nSPS) is 25.2. The number of hydrogen-bond acceptors (Lipinski definition) is 5. The van der Waals surface area contributed by atoms with Crippen LogP contribution in [-0.4, -0.2) is 37.0 Å². The highest BCUT2D eigenvalue weighted by atomic mass is 19.4. The predicted molar refractivity (Wildman–Crippen MR) is 84.3 cm³/mol. The Morgan fingerprint density at radius 1 is 1.35 bits per heavy atom. The highest BCUT2D eigenvalue weighted by molar-refractivity contribution is 6.32. The molecule has 0 spiro atoms. The van der Waals surface area contributed by atoms with Crippen molar-refractivity contribution in [2.24, 2.45) is 0 Å². The van der Waals surface area contributed by atoms with Gasteiger partial charge in [0.1, 0.15) is 11.5 Å². The first-order chi connectivity index (χ1) is 12.1. The van der Waals surface area contributed by atoms with Gasteiger partial charge in [0.05, 0.1) is 18.8 Å². The van der Waals surface area contributed by atoms with E-state index in [1.54, 1.807) is 25.2 Å². The van der Waals surface area contributed by atoms with E-state index < -0.39 is 29.9 Å². The van der Waals surface area contributed by atoms with E-state index in [4.69, 9.17) is 4.74 Å². The first-order valence-electron chi connectivity index (χ1n) is 7.70. The summed E-state index contributed by atoms with van der Waals surface area (Å²) in [6, 6.07) is 0. The van der Waals surface area contributed by atoms with Crippen molar-refractivity contribution in [2.75, 3.05) is 7.11 Å². The van der Waals surface area contributed by atoms with E-state index in [1.165, 1.54) is 18.2 Å². The van der Waals surface area contributed by atoms with Crippen LogP contribution < -0.4 is 5.32 Å². The summed E-state index contributed by atoms with van der Waals surface area (Å²) in [6.07, 6.45) is 3.63. The van der Waals surface area contributed by atoms with Gasteiger partial charge in [-0.2, -0.15) is 0 Å². The summed E-state index contributed by atoms with van der Waals surface area (Å²) in [5.74, 6) is -1.04. The molecule has 0 aromatic carbocycles. The van der Waals surface area contributed by atoms with Gasteiger partial charge in [-0.25, -0.2) is 4.79 Å². The molecule has 0 heterocycles. The second-order valence-corrected chi connectivity index (χ2v) is 5.94. The van der Waals surface area contributed by atoms with Crippen LogP contribution in [0.2, 0.25) is 0 Å². The zero-order chi connectivity index (χ0) is 19.4. The van der Waals surface area contributed by atoms with Crippen LogP contribution in [0, 0.1) is 0 Å². The Bertz CT molecular complexity index is 693. The molecule has 2 rings (SSSR count). The number of carbonyl (C=O) groups is 2. The molecule has 1 N–H and O–H groups in total. The molecule has 0 radical (unpaired) electrons. The molecule has 9 heteroatoms. The quantitative estimate of drug-likeness (QED) is 0.606. The Balaban J connectivity index is 1.92. The molecule has 2 aliphatic carbocycles.